The van der Waals surface area contributed by atoms with Crippen LogP contribution in [0, 0.1) is 5.92 Å². The average Bonchev–Trinajstić information content (AvgIpc) is 2.92. The SMILES string of the molecule is NCC1CCCC1c1nnc2n1CCC2. The molecule has 0 aromatic carbocycles. The van der Waals surface area contributed by atoms with Gasteiger partial charge in [0.1, 0.15) is 11.6 Å². The highest BCUT2D eigenvalue weighted by Gasteiger charge is 2.32. The van der Waals surface area contributed by atoms with Crippen LogP contribution in [-0.4, -0.2) is 21.3 Å². The highest BCUT2D eigenvalue weighted by Crippen LogP contribution is 2.39. The van der Waals surface area contributed by atoms with E-state index >= 15 is 0 Å². The minimum atomic E-state index is 0.578. The minimum absolute atomic E-state index is 0.578. The number of hydrogen-bond donors (Lipinski definition) is 1. The second-order valence-electron chi connectivity index (χ2n) is 4.76. The molecule has 1 saturated carbocycles. The van der Waals surface area contributed by atoms with E-state index in [0.29, 0.717) is 11.8 Å². The molecule has 3 rings (SSSR count). The molecule has 0 saturated heterocycles. The molecule has 1 fully saturated rings. The summed E-state index contributed by atoms with van der Waals surface area (Å²) in [6, 6.07) is 0. The van der Waals surface area contributed by atoms with Gasteiger partial charge in [0.25, 0.3) is 0 Å². The molecule has 2 N–H and O–H groups in total. The van der Waals surface area contributed by atoms with Gasteiger partial charge in [0.05, 0.1) is 0 Å². The van der Waals surface area contributed by atoms with Gasteiger partial charge in [-0.3, -0.25) is 0 Å². The summed E-state index contributed by atoms with van der Waals surface area (Å²) in [5, 5.41) is 8.66. The predicted molar refractivity (Wildman–Crippen MR) is 57.5 cm³/mol. The van der Waals surface area contributed by atoms with Crippen molar-refractivity contribution >= 4 is 0 Å². The van der Waals surface area contributed by atoms with Crippen LogP contribution in [-0.2, 0) is 13.0 Å². The number of nitrogens with two attached hydrogens (primary N) is 1. The lowest BCUT2D eigenvalue weighted by Crippen LogP contribution is -2.20. The van der Waals surface area contributed by atoms with Gasteiger partial charge < -0.3 is 10.3 Å². The van der Waals surface area contributed by atoms with Crippen LogP contribution in [0.25, 0.3) is 0 Å². The van der Waals surface area contributed by atoms with Gasteiger partial charge >= 0.3 is 0 Å². The normalized spacial score (nSPS) is 29.7. The Labute approximate surface area is 89.9 Å². The Morgan fingerprint density at radius 2 is 2.20 bits per heavy atom. The number of aryl methyl sites for hydroxylation is 1. The predicted octanol–water partition coefficient (Wildman–Crippen LogP) is 1.07. The molecule has 0 amide bonds. The molecule has 2 heterocycles. The summed E-state index contributed by atoms with van der Waals surface area (Å²) in [6.45, 7) is 1.91. The monoisotopic (exact) mass is 206 g/mol. The first-order valence-corrected chi connectivity index (χ1v) is 6.02. The molecule has 82 valence electrons. The number of fused-ring (bicyclic) bond motifs is 1. The molecule has 15 heavy (non-hydrogen) atoms. The Bertz CT molecular complexity index is 357. The molecular formula is C11H18N4. The summed E-state index contributed by atoms with van der Waals surface area (Å²) in [5.41, 5.74) is 5.82. The van der Waals surface area contributed by atoms with Crippen molar-refractivity contribution in [3.05, 3.63) is 11.6 Å². The van der Waals surface area contributed by atoms with Crippen molar-refractivity contribution in [1.82, 2.24) is 14.8 Å². The van der Waals surface area contributed by atoms with E-state index in [1.165, 1.54) is 37.3 Å². The van der Waals surface area contributed by atoms with E-state index in [-0.39, 0.29) is 0 Å². The van der Waals surface area contributed by atoms with Crippen molar-refractivity contribution in [1.29, 1.82) is 0 Å². The number of nitrogens with zero attached hydrogens (tertiary/aromatic N) is 3. The summed E-state index contributed by atoms with van der Waals surface area (Å²) in [6.07, 6.45) is 6.16. The summed E-state index contributed by atoms with van der Waals surface area (Å²) in [7, 11) is 0. The standard InChI is InChI=1S/C11H18N4/c12-7-8-3-1-4-9(8)11-14-13-10-5-2-6-15(10)11/h8-9H,1-7,12H2. The first kappa shape index (κ1) is 9.33. The van der Waals surface area contributed by atoms with Gasteiger partial charge in [-0.1, -0.05) is 6.42 Å². The van der Waals surface area contributed by atoms with Crippen molar-refractivity contribution < 1.29 is 0 Å². The van der Waals surface area contributed by atoms with Crippen molar-refractivity contribution in [3.63, 3.8) is 0 Å². The fourth-order valence-corrected chi connectivity index (χ4v) is 3.11. The van der Waals surface area contributed by atoms with E-state index in [2.05, 4.69) is 14.8 Å². The zero-order chi connectivity index (χ0) is 10.3. The Morgan fingerprint density at radius 1 is 1.27 bits per heavy atom. The summed E-state index contributed by atoms with van der Waals surface area (Å²) in [5.74, 6) is 3.62. The molecule has 1 aliphatic heterocycles. The summed E-state index contributed by atoms with van der Waals surface area (Å²) in [4.78, 5) is 0. The third kappa shape index (κ3) is 1.39. The van der Waals surface area contributed by atoms with Gasteiger partial charge in [-0.15, -0.1) is 10.2 Å². The maximum Gasteiger partial charge on any atom is 0.136 e. The molecule has 0 spiro atoms. The van der Waals surface area contributed by atoms with Crippen LogP contribution in [0.2, 0.25) is 0 Å². The third-order valence-electron chi connectivity index (χ3n) is 3.93. The molecule has 4 nitrogen and oxygen atoms in total. The molecule has 2 unspecified atom stereocenters. The number of aromatic nitrogens is 3. The average molecular weight is 206 g/mol. The molecule has 2 aliphatic rings. The van der Waals surface area contributed by atoms with E-state index in [4.69, 9.17) is 5.73 Å². The van der Waals surface area contributed by atoms with E-state index < -0.39 is 0 Å². The number of hydrogen-bond acceptors (Lipinski definition) is 3. The molecule has 4 heteroatoms. The lowest BCUT2D eigenvalue weighted by atomic mass is 9.95. The Hall–Kier alpha value is -0.900. The minimum Gasteiger partial charge on any atom is -0.330 e. The van der Waals surface area contributed by atoms with Crippen LogP contribution in [0.15, 0.2) is 0 Å². The van der Waals surface area contributed by atoms with Gasteiger partial charge in [-0.25, -0.2) is 0 Å². The van der Waals surface area contributed by atoms with Crippen molar-refractivity contribution in [2.75, 3.05) is 6.54 Å². The van der Waals surface area contributed by atoms with Gasteiger partial charge in [-0.2, -0.15) is 0 Å². The molecule has 2 atom stereocenters. The maximum atomic E-state index is 5.82. The van der Waals surface area contributed by atoms with Gasteiger partial charge in [0.15, 0.2) is 0 Å². The summed E-state index contributed by atoms with van der Waals surface area (Å²) >= 11 is 0. The summed E-state index contributed by atoms with van der Waals surface area (Å²) < 4.78 is 2.33. The Balaban J connectivity index is 1.92. The van der Waals surface area contributed by atoms with Crippen molar-refractivity contribution in [3.8, 4) is 0 Å². The van der Waals surface area contributed by atoms with Crippen LogP contribution in [0.5, 0.6) is 0 Å². The quantitative estimate of drug-likeness (QED) is 0.787. The zero-order valence-corrected chi connectivity index (χ0v) is 9.02. The first-order chi connectivity index (χ1) is 7.40. The largest absolute Gasteiger partial charge is 0.330 e. The fourth-order valence-electron chi connectivity index (χ4n) is 3.11. The molecule has 1 aromatic heterocycles. The first-order valence-electron chi connectivity index (χ1n) is 6.02. The molecule has 1 aromatic rings. The van der Waals surface area contributed by atoms with Crippen molar-refractivity contribution in [2.45, 2.75) is 44.6 Å². The lowest BCUT2D eigenvalue weighted by molar-refractivity contribution is 0.459. The van der Waals surface area contributed by atoms with Crippen LogP contribution < -0.4 is 5.73 Å². The highest BCUT2D eigenvalue weighted by molar-refractivity contribution is 5.09. The fraction of sp³-hybridized carbons (Fsp3) is 0.818. The Kier molecular flexibility index (Phi) is 2.24. The van der Waals surface area contributed by atoms with Crippen LogP contribution in [0.3, 0.4) is 0 Å². The second-order valence-corrected chi connectivity index (χ2v) is 4.76. The van der Waals surface area contributed by atoms with E-state index in [9.17, 15) is 0 Å². The van der Waals surface area contributed by atoms with Gasteiger partial charge in [0, 0.05) is 18.9 Å². The topological polar surface area (TPSA) is 56.7 Å². The third-order valence-corrected chi connectivity index (χ3v) is 3.93. The van der Waals surface area contributed by atoms with E-state index in [0.717, 1.165) is 19.5 Å². The maximum absolute atomic E-state index is 5.82. The molecular weight excluding hydrogens is 188 g/mol. The Morgan fingerprint density at radius 3 is 3.07 bits per heavy atom. The van der Waals surface area contributed by atoms with Crippen molar-refractivity contribution in [2.24, 2.45) is 11.7 Å². The van der Waals surface area contributed by atoms with Gasteiger partial charge in [0.2, 0.25) is 0 Å². The smallest absolute Gasteiger partial charge is 0.136 e. The molecule has 0 bridgehead atoms. The van der Waals surface area contributed by atoms with Crippen LogP contribution in [0.1, 0.15) is 43.3 Å². The van der Waals surface area contributed by atoms with E-state index in [1.54, 1.807) is 0 Å². The zero-order valence-electron chi connectivity index (χ0n) is 9.02. The van der Waals surface area contributed by atoms with Crippen LogP contribution in [0.4, 0.5) is 0 Å². The highest BCUT2D eigenvalue weighted by atomic mass is 15.3. The molecule has 1 aliphatic carbocycles. The molecule has 0 radical (unpaired) electrons. The number of rotatable bonds is 2. The van der Waals surface area contributed by atoms with Crippen LogP contribution >= 0.6 is 0 Å². The van der Waals surface area contributed by atoms with E-state index in [1.807, 2.05) is 0 Å². The second kappa shape index (κ2) is 3.59. The van der Waals surface area contributed by atoms with Gasteiger partial charge in [-0.05, 0) is 31.7 Å². The lowest BCUT2D eigenvalue weighted by Gasteiger charge is -2.17.